The number of Topliss-reactive ketones (excluding diaryl/α,β-unsaturated/α-hetero) is 1. The Hall–Kier alpha value is -1.31. The molecule has 0 aliphatic heterocycles. The zero-order valence-electron chi connectivity index (χ0n) is 14.2. The average molecular weight is 290 g/mol. The molecule has 1 unspecified atom stereocenters. The van der Waals surface area contributed by atoms with Gasteiger partial charge in [-0.2, -0.15) is 0 Å². The van der Waals surface area contributed by atoms with E-state index in [4.69, 9.17) is 4.74 Å². The van der Waals surface area contributed by atoms with Gasteiger partial charge in [-0.15, -0.1) is 0 Å². The second-order valence-electron chi connectivity index (χ2n) is 6.15. The highest BCUT2D eigenvalue weighted by molar-refractivity contribution is 5.75. The summed E-state index contributed by atoms with van der Waals surface area (Å²) in [6.07, 6.45) is 3.71. The second kappa shape index (κ2) is 8.86. The molecule has 0 saturated heterocycles. The minimum Gasteiger partial charge on any atom is -0.493 e. The minimum absolute atomic E-state index is 0.278. The van der Waals surface area contributed by atoms with Crippen molar-refractivity contribution in [3.8, 4) is 5.75 Å². The molecular weight excluding hydrogens is 260 g/mol. The molecule has 0 spiro atoms. The van der Waals surface area contributed by atoms with Gasteiger partial charge in [0.25, 0.3) is 0 Å². The van der Waals surface area contributed by atoms with Crippen LogP contribution in [0.4, 0.5) is 0 Å². The first kappa shape index (κ1) is 17.7. The van der Waals surface area contributed by atoms with Gasteiger partial charge in [0.05, 0.1) is 6.61 Å². The van der Waals surface area contributed by atoms with Crippen molar-refractivity contribution >= 4 is 5.78 Å². The maximum Gasteiger partial charge on any atom is 0.129 e. The number of rotatable bonds is 9. The molecule has 2 nitrogen and oxygen atoms in total. The Morgan fingerprint density at radius 1 is 1.24 bits per heavy atom. The van der Waals surface area contributed by atoms with Crippen molar-refractivity contribution in [1.29, 1.82) is 0 Å². The lowest BCUT2D eigenvalue weighted by Gasteiger charge is -2.19. The molecule has 118 valence electrons. The number of hydrogen-bond acceptors (Lipinski definition) is 2. The summed E-state index contributed by atoms with van der Waals surface area (Å²) in [5, 5.41) is 0. The molecule has 1 rings (SSSR count). The average Bonchev–Trinajstić information content (AvgIpc) is 2.45. The van der Waals surface area contributed by atoms with Gasteiger partial charge in [0.2, 0.25) is 0 Å². The van der Waals surface area contributed by atoms with Gasteiger partial charge in [-0.25, -0.2) is 0 Å². The van der Waals surface area contributed by atoms with Crippen LogP contribution in [-0.2, 0) is 4.79 Å². The SMILES string of the molecule is CCCOc1ccc(C(CC)CCC(C)=O)cc1C(C)C. The van der Waals surface area contributed by atoms with Crippen molar-refractivity contribution < 1.29 is 9.53 Å². The molecule has 0 radical (unpaired) electrons. The number of carbonyl (C=O) groups excluding carboxylic acids is 1. The largest absolute Gasteiger partial charge is 0.493 e. The zero-order chi connectivity index (χ0) is 15.8. The Morgan fingerprint density at radius 2 is 1.95 bits per heavy atom. The number of carbonyl (C=O) groups is 1. The molecule has 0 aromatic heterocycles. The molecule has 1 aromatic rings. The van der Waals surface area contributed by atoms with Gasteiger partial charge >= 0.3 is 0 Å². The zero-order valence-corrected chi connectivity index (χ0v) is 14.2. The van der Waals surface area contributed by atoms with Crippen molar-refractivity contribution in [2.45, 2.75) is 72.1 Å². The summed E-state index contributed by atoms with van der Waals surface area (Å²) in [6.45, 7) is 11.2. The lowest BCUT2D eigenvalue weighted by Crippen LogP contribution is -2.05. The lowest BCUT2D eigenvalue weighted by atomic mass is 9.88. The fourth-order valence-corrected chi connectivity index (χ4v) is 2.60. The molecule has 1 atom stereocenters. The van der Waals surface area contributed by atoms with Crippen molar-refractivity contribution in [1.82, 2.24) is 0 Å². The molecule has 0 N–H and O–H groups in total. The molecule has 0 fully saturated rings. The van der Waals surface area contributed by atoms with Gasteiger partial charge in [0.1, 0.15) is 11.5 Å². The Labute approximate surface area is 129 Å². The number of hydrogen-bond donors (Lipinski definition) is 0. The van der Waals surface area contributed by atoms with E-state index in [2.05, 4.69) is 45.9 Å². The van der Waals surface area contributed by atoms with Crippen LogP contribution in [0.15, 0.2) is 18.2 Å². The van der Waals surface area contributed by atoms with Crippen LogP contribution >= 0.6 is 0 Å². The van der Waals surface area contributed by atoms with Crippen LogP contribution in [-0.4, -0.2) is 12.4 Å². The summed E-state index contributed by atoms with van der Waals surface area (Å²) < 4.78 is 5.86. The summed E-state index contributed by atoms with van der Waals surface area (Å²) in [4.78, 5) is 11.2. The van der Waals surface area contributed by atoms with Crippen LogP contribution in [0.1, 0.15) is 83.3 Å². The third-order valence-corrected chi connectivity index (χ3v) is 3.93. The van der Waals surface area contributed by atoms with E-state index in [1.165, 1.54) is 11.1 Å². The predicted octanol–water partition coefficient (Wildman–Crippen LogP) is 5.46. The van der Waals surface area contributed by atoms with E-state index < -0.39 is 0 Å². The summed E-state index contributed by atoms with van der Waals surface area (Å²) in [5.74, 6) is 2.20. The maximum atomic E-state index is 11.2. The Balaban J connectivity index is 2.96. The summed E-state index contributed by atoms with van der Waals surface area (Å²) in [6, 6.07) is 6.56. The van der Waals surface area contributed by atoms with Gasteiger partial charge in [-0.1, -0.05) is 39.8 Å². The molecule has 0 amide bonds. The van der Waals surface area contributed by atoms with E-state index in [9.17, 15) is 4.79 Å². The fourth-order valence-electron chi connectivity index (χ4n) is 2.60. The molecule has 21 heavy (non-hydrogen) atoms. The van der Waals surface area contributed by atoms with E-state index in [0.717, 1.165) is 31.6 Å². The first-order valence-electron chi connectivity index (χ1n) is 8.25. The van der Waals surface area contributed by atoms with Crippen LogP contribution in [0.3, 0.4) is 0 Å². The lowest BCUT2D eigenvalue weighted by molar-refractivity contribution is -0.117. The Bertz CT molecular complexity index is 449. The van der Waals surface area contributed by atoms with Crippen LogP contribution in [0.2, 0.25) is 0 Å². The smallest absolute Gasteiger partial charge is 0.129 e. The van der Waals surface area contributed by atoms with E-state index in [1.807, 2.05) is 0 Å². The molecule has 1 aromatic carbocycles. The monoisotopic (exact) mass is 290 g/mol. The first-order chi connectivity index (χ1) is 9.99. The second-order valence-corrected chi connectivity index (χ2v) is 6.15. The molecule has 0 bridgehead atoms. The highest BCUT2D eigenvalue weighted by Crippen LogP contribution is 2.33. The molecule has 0 heterocycles. The van der Waals surface area contributed by atoms with E-state index in [1.54, 1.807) is 6.92 Å². The number of ketones is 1. The molecule has 2 heteroatoms. The third kappa shape index (κ3) is 5.53. The maximum absolute atomic E-state index is 11.2. The quantitative estimate of drug-likeness (QED) is 0.603. The third-order valence-electron chi connectivity index (χ3n) is 3.93. The van der Waals surface area contributed by atoms with Crippen LogP contribution in [0, 0.1) is 0 Å². The minimum atomic E-state index is 0.278. The highest BCUT2D eigenvalue weighted by Gasteiger charge is 2.15. The molecule has 0 aliphatic carbocycles. The topological polar surface area (TPSA) is 26.3 Å². The van der Waals surface area contributed by atoms with Gasteiger partial charge in [-0.3, -0.25) is 0 Å². The van der Waals surface area contributed by atoms with Gasteiger partial charge < -0.3 is 9.53 Å². The Morgan fingerprint density at radius 3 is 2.48 bits per heavy atom. The van der Waals surface area contributed by atoms with Crippen LogP contribution in [0.5, 0.6) is 5.75 Å². The van der Waals surface area contributed by atoms with Gasteiger partial charge in [0.15, 0.2) is 0 Å². The van der Waals surface area contributed by atoms with Crippen molar-refractivity contribution in [2.75, 3.05) is 6.61 Å². The predicted molar refractivity (Wildman–Crippen MR) is 89.3 cm³/mol. The van der Waals surface area contributed by atoms with Gasteiger partial charge in [-0.05, 0) is 55.2 Å². The van der Waals surface area contributed by atoms with Crippen molar-refractivity contribution in [3.05, 3.63) is 29.3 Å². The van der Waals surface area contributed by atoms with Crippen molar-refractivity contribution in [3.63, 3.8) is 0 Å². The molecule has 0 aliphatic rings. The first-order valence-corrected chi connectivity index (χ1v) is 8.25. The fraction of sp³-hybridized carbons (Fsp3) is 0.632. The van der Waals surface area contributed by atoms with E-state index in [0.29, 0.717) is 18.3 Å². The number of benzene rings is 1. The summed E-state index contributed by atoms with van der Waals surface area (Å²) >= 11 is 0. The summed E-state index contributed by atoms with van der Waals surface area (Å²) in [7, 11) is 0. The van der Waals surface area contributed by atoms with Crippen LogP contribution < -0.4 is 4.74 Å². The Kier molecular flexibility index (Phi) is 7.49. The highest BCUT2D eigenvalue weighted by atomic mass is 16.5. The van der Waals surface area contributed by atoms with Crippen molar-refractivity contribution in [2.24, 2.45) is 0 Å². The number of ether oxygens (including phenoxy) is 1. The van der Waals surface area contributed by atoms with E-state index in [-0.39, 0.29) is 5.78 Å². The molecular formula is C19H30O2. The molecule has 0 saturated carbocycles. The van der Waals surface area contributed by atoms with Gasteiger partial charge in [0, 0.05) is 6.42 Å². The standard InChI is InChI=1S/C19H30O2/c1-6-12-21-19-11-10-17(13-18(19)14(3)4)16(7-2)9-8-15(5)20/h10-11,13-14,16H,6-9,12H2,1-5H3. The normalized spacial score (nSPS) is 12.5. The van der Waals surface area contributed by atoms with Crippen LogP contribution in [0.25, 0.3) is 0 Å². The summed E-state index contributed by atoms with van der Waals surface area (Å²) in [5.41, 5.74) is 2.62. The van der Waals surface area contributed by atoms with E-state index >= 15 is 0 Å².